The molecule has 0 atom stereocenters. The molecule has 0 saturated heterocycles. The summed E-state index contributed by atoms with van der Waals surface area (Å²) in [6.45, 7) is 7.13. The number of carbonyl (C=O) groups excluding carboxylic acids is 1. The van der Waals surface area contributed by atoms with Gasteiger partial charge < -0.3 is 9.47 Å². The van der Waals surface area contributed by atoms with Gasteiger partial charge >= 0.3 is 0 Å². The molecule has 0 fully saturated rings. The monoisotopic (exact) mass is 264 g/mol. The van der Waals surface area contributed by atoms with Crippen LogP contribution in [-0.4, -0.2) is 19.0 Å². The summed E-state index contributed by atoms with van der Waals surface area (Å²) in [4.78, 5) is 11.5. The van der Waals surface area contributed by atoms with E-state index in [1.807, 2.05) is 12.1 Å². The van der Waals surface area contributed by atoms with Gasteiger partial charge in [-0.1, -0.05) is 26.7 Å². The van der Waals surface area contributed by atoms with Gasteiger partial charge in [-0.25, -0.2) is 0 Å². The number of ether oxygens (including phenoxy) is 2. The molecule has 1 aromatic carbocycles. The van der Waals surface area contributed by atoms with E-state index in [0.29, 0.717) is 24.5 Å². The van der Waals surface area contributed by atoms with E-state index in [0.717, 1.165) is 31.4 Å². The van der Waals surface area contributed by atoms with Gasteiger partial charge in [0.2, 0.25) is 0 Å². The van der Waals surface area contributed by atoms with E-state index >= 15 is 0 Å². The molecule has 106 valence electrons. The third-order valence-corrected chi connectivity index (χ3v) is 2.85. The third kappa shape index (κ3) is 5.33. The molecule has 0 aromatic heterocycles. The summed E-state index contributed by atoms with van der Waals surface area (Å²) in [7, 11) is 0. The van der Waals surface area contributed by atoms with E-state index in [9.17, 15) is 4.79 Å². The largest absolute Gasteiger partial charge is 0.493 e. The van der Waals surface area contributed by atoms with Crippen molar-refractivity contribution in [1.29, 1.82) is 0 Å². The highest BCUT2D eigenvalue weighted by Crippen LogP contribution is 2.26. The maximum Gasteiger partial charge on any atom is 0.163 e. The first-order valence-corrected chi connectivity index (χ1v) is 7.09. The predicted molar refractivity (Wildman–Crippen MR) is 77.3 cm³/mol. The Morgan fingerprint density at radius 3 is 2.26 bits per heavy atom. The normalized spacial score (nSPS) is 10.3. The molecule has 0 spiro atoms. The Morgan fingerprint density at radius 2 is 1.68 bits per heavy atom. The lowest BCUT2D eigenvalue weighted by Crippen LogP contribution is -2.04. The molecule has 0 unspecified atom stereocenters. The maximum atomic E-state index is 11.5. The summed E-state index contributed by atoms with van der Waals surface area (Å²) >= 11 is 0. The van der Waals surface area contributed by atoms with Gasteiger partial charge in [0, 0.05) is 6.07 Å². The van der Waals surface area contributed by atoms with E-state index in [1.165, 1.54) is 0 Å². The number of hydrogen-bond donors (Lipinski definition) is 0. The fourth-order valence-electron chi connectivity index (χ4n) is 1.66. The van der Waals surface area contributed by atoms with E-state index in [2.05, 4.69) is 13.8 Å². The molecule has 0 aliphatic heterocycles. The number of carbonyl (C=O) groups is 1. The zero-order valence-corrected chi connectivity index (χ0v) is 12.2. The van der Waals surface area contributed by atoms with Crippen LogP contribution in [0, 0.1) is 0 Å². The van der Waals surface area contributed by atoms with Crippen molar-refractivity contribution < 1.29 is 14.3 Å². The SMILES string of the molecule is CCCCOc1ccc(C(C)=O)c(OCCCC)c1. The lowest BCUT2D eigenvalue weighted by atomic mass is 10.1. The summed E-state index contributed by atoms with van der Waals surface area (Å²) < 4.78 is 11.3. The molecule has 0 bridgehead atoms. The molecule has 3 nitrogen and oxygen atoms in total. The lowest BCUT2D eigenvalue weighted by molar-refractivity contribution is 0.101. The quantitative estimate of drug-likeness (QED) is 0.494. The fourth-order valence-corrected chi connectivity index (χ4v) is 1.66. The van der Waals surface area contributed by atoms with Crippen molar-refractivity contribution in [2.24, 2.45) is 0 Å². The van der Waals surface area contributed by atoms with Crippen LogP contribution < -0.4 is 9.47 Å². The van der Waals surface area contributed by atoms with Crippen molar-refractivity contribution in [3.8, 4) is 11.5 Å². The Bertz CT molecular complexity index is 399. The highest BCUT2D eigenvalue weighted by molar-refractivity contribution is 5.97. The first-order chi connectivity index (χ1) is 9.19. The summed E-state index contributed by atoms with van der Waals surface area (Å²) in [5.74, 6) is 1.42. The molecular weight excluding hydrogens is 240 g/mol. The predicted octanol–water partition coefficient (Wildman–Crippen LogP) is 4.25. The fraction of sp³-hybridized carbons (Fsp3) is 0.562. The Hall–Kier alpha value is -1.51. The molecular formula is C16H24O3. The molecule has 0 aliphatic carbocycles. The molecule has 0 N–H and O–H groups in total. The molecule has 0 aliphatic rings. The molecule has 1 aromatic rings. The van der Waals surface area contributed by atoms with Crippen molar-refractivity contribution in [2.45, 2.75) is 46.5 Å². The Labute approximate surface area is 115 Å². The number of unbranched alkanes of at least 4 members (excludes halogenated alkanes) is 2. The minimum absolute atomic E-state index is 0.0200. The van der Waals surface area contributed by atoms with Crippen LogP contribution in [-0.2, 0) is 0 Å². The second-order valence-electron chi connectivity index (χ2n) is 4.62. The average Bonchev–Trinajstić information content (AvgIpc) is 2.39. The standard InChI is InChI=1S/C16H24O3/c1-4-6-10-18-14-8-9-15(13(3)17)16(12-14)19-11-7-5-2/h8-9,12H,4-7,10-11H2,1-3H3. The second-order valence-corrected chi connectivity index (χ2v) is 4.62. The van der Waals surface area contributed by atoms with E-state index in [4.69, 9.17) is 9.47 Å². The number of Topliss-reactive ketones (excluding diaryl/α,β-unsaturated/α-hetero) is 1. The van der Waals surface area contributed by atoms with Crippen LogP contribution in [0.25, 0.3) is 0 Å². The Balaban J connectivity index is 2.75. The van der Waals surface area contributed by atoms with Gasteiger partial charge in [0.25, 0.3) is 0 Å². The smallest absolute Gasteiger partial charge is 0.163 e. The van der Waals surface area contributed by atoms with Gasteiger partial charge in [0.1, 0.15) is 11.5 Å². The number of ketones is 1. The third-order valence-electron chi connectivity index (χ3n) is 2.85. The van der Waals surface area contributed by atoms with Crippen molar-refractivity contribution in [3.63, 3.8) is 0 Å². The van der Waals surface area contributed by atoms with Gasteiger partial charge in [-0.05, 0) is 31.9 Å². The van der Waals surface area contributed by atoms with E-state index < -0.39 is 0 Å². The van der Waals surface area contributed by atoms with E-state index in [1.54, 1.807) is 13.0 Å². The molecule has 0 amide bonds. The summed E-state index contributed by atoms with van der Waals surface area (Å²) in [5.41, 5.74) is 0.624. The topological polar surface area (TPSA) is 35.5 Å². The number of rotatable bonds is 9. The molecule has 0 heterocycles. The zero-order chi connectivity index (χ0) is 14.1. The molecule has 19 heavy (non-hydrogen) atoms. The number of hydrogen-bond acceptors (Lipinski definition) is 3. The van der Waals surface area contributed by atoms with Crippen molar-refractivity contribution in [1.82, 2.24) is 0 Å². The van der Waals surface area contributed by atoms with Crippen LogP contribution >= 0.6 is 0 Å². The van der Waals surface area contributed by atoms with Crippen LogP contribution in [0.3, 0.4) is 0 Å². The number of benzene rings is 1. The molecule has 3 heteroatoms. The highest BCUT2D eigenvalue weighted by Gasteiger charge is 2.10. The van der Waals surface area contributed by atoms with Gasteiger partial charge in [0.05, 0.1) is 18.8 Å². The van der Waals surface area contributed by atoms with Gasteiger partial charge in [-0.3, -0.25) is 4.79 Å². The van der Waals surface area contributed by atoms with Crippen molar-refractivity contribution in [3.05, 3.63) is 23.8 Å². The summed E-state index contributed by atoms with van der Waals surface area (Å²) in [6.07, 6.45) is 4.19. The van der Waals surface area contributed by atoms with Crippen LogP contribution in [0.2, 0.25) is 0 Å². The zero-order valence-electron chi connectivity index (χ0n) is 12.2. The Morgan fingerprint density at radius 1 is 1.05 bits per heavy atom. The minimum atomic E-state index is 0.0200. The summed E-state index contributed by atoms with van der Waals surface area (Å²) in [6, 6.07) is 5.44. The van der Waals surface area contributed by atoms with Gasteiger partial charge in [0.15, 0.2) is 5.78 Å². The van der Waals surface area contributed by atoms with Crippen LogP contribution in [0.15, 0.2) is 18.2 Å². The minimum Gasteiger partial charge on any atom is -0.493 e. The molecule has 1 rings (SSSR count). The second kappa shape index (κ2) is 8.57. The first kappa shape index (κ1) is 15.5. The molecule has 0 saturated carbocycles. The van der Waals surface area contributed by atoms with E-state index in [-0.39, 0.29) is 5.78 Å². The van der Waals surface area contributed by atoms with Crippen molar-refractivity contribution in [2.75, 3.05) is 13.2 Å². The summed E-state index contributed by atoms with van der Waals surface area (Å²) in [5, 5.41) is 0. The lowest BCUT2D eigenvalue weighted by Gasteiger charge is -2.12. The first-order valence-electron chi connectivity index (χ1n) is 7.09. The highest BCUT2D eigenvalue weighted by atomic mass is 16.5. The Kier molecular flexibility index (Phi) is 7.01. The van der Waals surface area contributed by atoms with Gasteiger partial charge in [-0.2, -0.15) is 0 Å². The van der Waals surface area contributed by atoms with Gasteiger partial charge in [-0.15, -0.1) is 0 Å². The van der Waals surface area contributed by atoms with Crippen LogP contribution in [0.1, 0.15) is 56.8 Å². The molecule has 0 radical (unpaired) electrons. The average molecular weight is 264 g/mol. The van der Waals surface area contributed by atoms with Crippen LogP contribution in [0.5, 0.6) is 11.5 Å². The maximum absolute atomic E-state index is 11.5. The van der Waals surface area contributed by atoms with Crippen LogP contribution in [0.4, 0.5) is 0 Å². The van der Waals surface area contributed by atoms with Crippen molar-refractivity contribution >= 4 is 5.78 Å².